The van der Waals surface area contributed by atoms with Gasteiger partial charge in [0, 0.05) is 67.9 Å². The summed E-state index contributed by atoms with van der Waals surface area (Å²) in [5, 5.41) is 244. The average Bonchev–Trinajstić information content (AvgIpc) is 3.49. The Balaban J connectivity index is 1.83. The molecule has 22 atom stereocenters. The molecule has 0 aromatic heterocycles. The number of aliphatic hydroxyl groups is 22. The minimum Gasteiger partial charge on any atom is -0.510 e. The third kappa shape index (κ3) is 17.6. The molecule has 7 rings (SSSR count). The van der Waals surface area contributed by atoms with Crippen molar-refractivity contribution in [3.05, 3.63) is 67.3 Å². The Morgan fingerprint density at radius 3 is 1.42 bits per heavy atom. The summed E-state index contributed by atoms with van der Waals surface area (Å²) >= 11 is 0. The van der Waals surface area contributed by atoms with E-state index in [0.717, 1.165) is 0 Å². The molecule has 0 aromatic rings. The second-order valence-electron chi connectivity index (χ2n) is 18.2. The normalized spacial score (nSPS) is 42.2. The van der Waals surface area contributed by atoms with Crippen molar-refractivity contribution < 1.29 is 160 Å². The maximum atomic E-state index is 11.5. The van der Waals surface area contributed by atoms with Crippen molar-refractivity contribution in [1.29, 1.82) is 0 Å². The highest BCUT2D eigenvalue weighted by atomic mass is 16.8. The van der Waals surface area contributed by atoms with Crippen molar-refractivity contribution in [3.8, 4) is 0 Å². The number of hydrogen-bond donors (Lipinski definition) is 22. The molecule has 6 bridgehead atoms. The lowest BCUT2D eigenvalue weighted by molar-refractivity contribution is -0.389. The summed E-state index contributed by atoms with van der Waals surface area (Å²) in [6.07, 6.45) is -48.9. The highest BCUT2D eigenvalue weighted by Crippen LogP contribution is 2.38. The Hall–Kier alpha value is -4.82. The van der Waals surface area contributed by atoms with Gasteiger partial charge in [-0.2, -0.15) is 0 Å². The number of azide groups is 2. The lowest BCUT2D eigenvalue weighted by Gasteiger charge is -2.50. The van der Waals surface area contributed by atoms with E-state index in [-0.39, 0.29) is 0 Å². The molecule has 0 amide bonds. The number of ether oxygens (including phenoxy) is 10. The number of nitrogens with zero attached hydrogens (tertiary/aromatic N) is 6. The fourth-order valence-electron chi connectivity index (χ4n) is 8.59. The molecular formula is C43H70N6O32. The Morgan fingerprint density at radius 1 is 0.469 bits per heavy atom. The van der Waals surface area contributed by atoms with E-state index in [4.69, 9.17) is 52.9 Å². The van der Waals surface area contributed by atoms with Crippen LogP contribution in [0, 0.1) is 0 Å². The van der Waals surface area contributed by atoms with E-state index in [2.05, 4.69) is 20.1 Å². The molecule has 464 valence electrons. The maximum Gasteiger partial charge on any atom is 0.218 e. The lowest BCUT2D eigenvalue weighted by atomic mass is 9.93. The molecule has 7 aliphatic rings. The third-order valence-electron chi connectivity index (χ3n) is 12.7. The van der Waals surface area contributed by atoms with Crippen molar-refractivity contribution in [2.45, 2.75) is 167 Å². The first-order chi connectivity index (χ1) is 38.4. The minimum atomic E-state index is -2.80. The molecular weight excluding hydrogens is 1110 g/mol. The van der Waals surface area contributed by atoms with Gasteiger partial charge in [0.15, 0.2) is 59.2 Å². The van der Waals surface area contributed by atoms with Crippen molar-refractivity contribution in [2.75, 3.05) is 52.7 Å². The second-order valence-corrected chi connectivity index (χ2v) is 18.2. The Labute approximate surface area is 456 Å². The van der Waals surface area contributed by atoms with Gasteiger partial charge < -0.3 is 160 Å². The molecule has 0 radical (unpaired) electrons. The van der Waals surface area contributed by atoms with Gasteiger partial charge in [0.1, 0.15) is 85.1 Å². The van der Waals surface area contributed by atoms with Gasteiger partial charge in [0.25, 0.3) is 0 Å². The van der Waals surface area contributed by atoms with Gasteiger partial charge >= 0.3 is 0 Å². The predicted molar refractivity (Wildman–Crippen MR) is 254 cm³/mol. The fourth-order valence-corrected chi connectivity index (χ4v) is 8.59. The number of rotatable bonds is 14. The Bertz CT molecular complexity index is 2200. The Morgan fingerprint density at radius 2 is 0.926 bits per heavy atom. The van der Waals surface area contributed by atoms with Crippen molar-refractivity contribution in [1.82, 2.24) is 0 Å². The van der Waals surface area contributed by atoms with Crippen LogP contribution in [0.15, 0.2) is 56.6 Å². The van der Waals surface area contributed by atoms with Crippen LogP contribution in [0.5, 0.6) is 0 Å². The van der Waals surface area contributed by atoms with Crippen LogP contribution in [-0.4, -0.2) is 300 Å². The zero-order valence-electron chi connectivity index (χ0n) is 42.5. The van der Waals surface area contributed by atoms with Gasteiger partial charge in [-0.25, -0.2) is 0 Å². The summed E-state index contributed by atoms with van der Waals surface area (Å²) in [6, 6.07) is 0. The minimum absolute atomic E-state index is 0.474. The van der Waals surface area contributed by atoms with E-state index in [1.165, 1.54) is 0 Å². The quantitative estimate of drug-likeness (QED) is 0.0438. The average molecular weight is 1180 g/mol. The van der Waals surface area contributed by atoms with Crippen LogP contribution in [0.1, 0.15) is 32.1 Å². The van der Waals surface area contributed by atoms with Gasteiger partial charge in [0.2, 0.25) is 18.9 Å². The van der Waals surface area contributed by atoms with Crippen LogP contribution >= 0.6 is 0 Å². The molecule has 3 saturated heterocycles. The summed E-state index contributed by atoms with van der Waals surface area (Å²) in [4.78, 5) is 5.14. The lowest BCUT2D eigenvalue weighted by Crippen LogP contribution is -2.66. The standard InChI is InChI=1S/C43H70N6O32/c44-48-46-5-1-18-25(59)30(64)38(69)72-17(2-6-50)15(56)9-24(58)78-35-16(57)10-43(14-55,80-23(35)13-54)81-37-21(11-47-49-45)76-41(34(68)29(37)63)75-20(4-8-52)27(61)31(65)39(70)73-19(3-7-51)26(60)32(66)40(71)79-36-22(12-53)77-42(74-18)33(67)28(36)62/h9,16-24,28-29,33-42,50-71H,1-8,10-14H2/b15-9-,30-25?,31-27+,32-26+. The summed E-state index contributed by atoms with van der Waals surface area (Å²) in [7, 11) is 0. The topological polar surface area (TPSA) is 635 Å². The molecule has 7 aliphatic heterocycles. The monoisotopic (exact) mass is 1180 g/mol. The van der Waals surface area contributed by atoms with Crippen molar-refractivity contribution in [2.24, 2.45) is 10.2 Å². The van der Waals surface area contributed by atoms with E-state index < -0.39 is 260 Å². The molecule has 3 fully saturated rings. The smallest absolute Gasteiger partial charge is 0.218 e. The second kappa shape index (κ2) is 32.3. The molecule has 0 aromatic carbocycles. The first-order valence-electron chi connectivity index (χ1n) is 24.6. The van der Waals surface area contributed by atoms with Gasteiger partial charge in [0.05, 0.1) is 38.6 Å². The predicted octanol–water partition coefficient (Wildman–Crippen LogP) is -5.73. The number of aliphatic hydroxyl groups excluding tert-OH is 22. The van der Waals surface area contributed by atoms with Crippen LogP contribution in [0.3, 0.4) is 0 Å². The van der Waals surface area contributed by atoms with Gasteiger partial charge in [-0.05, 0) is 17.5 Å². The van der Waals surface area contributed by atoms with Crippen molar-refractivity contribution >= 4 is 0 Å². The summed E-state index contributed by atoms with van der Waals surface area (Å²) < 4.78 is 55.1. The van der Waals surface area contributed by atoms with E-state index in [1.54, 1.807) is 0 Å². The zero-order valence-corrected chi connectivity index (χ0v) is 42.5. The molecule has 0 spiro atoms. The molecule has 22 unspecified atom stereocenters. The Kier molecular flexibility index (Phi) is 27.4. The van der Waals surface area contributed by atoms with Gasteiger partial charge in [-0.1, -0.05) is 10.2 Å². The fraction of sp³-hybridized carbons (Fsp3) is 0.814. The van der Waals surface area contributed by atoms with Crippen LogP contribution in [0.25, 0.3) is 20.9 Å². The molecule has 38 heteroatoms. The molecule has 0 aliphatic carbocycles. The molecule has 7 heterocycles. The van der Waals surface area contributed by atoms with Crippen molar-refractivity contribution in [3.63, 3.8) is 0 Å². The highest BCUT2D eigenvalue weighted by Gasteiger charge is 2.55. The largest absolute Gasteiger partial charge is 0.510 e. The van der Waals surface area contributed by atoms with Crippen LogP contribution in [-0.2, 0) is 47.4 Å². The summed E-state index contributed by atoms with van der Waals surface area (Å²) in [6.45, 7) is -7.58. The van der Waals surface area contributed by atoms with Crippen LogP contribution in [0.2, 0.25) is 0 Å². The van der Waals surface area contributed by atoms with E-state index in [0.29, 0.717) is 6.08 Å². The highest BCUT2D eigenvalue weighted by molar-refractivity contribution is 5.12. The van der Waals surface area contributed by atoms with Gasteiger partial charge in [-0.3, -0.25) is 0 Å². The van der Waals surface area contributed by atoms with Gasteiger partial charge in [-0.15, -0.1) is 0 Å². The van der Waals surface area contributed by atoms with E-state index in [1.807, 2.05) is 0 Å². The SMILES string of the molecule is [N-]=[N+]=NCCC1OC2OC(CO)C(OC(O)/C(O)=C(\O)C(CCO)OC(O)/C(O)=C(\O)C(CCO)OC3OC(CN=[N+]=[N-])C(OC4(CO)CC(O)C(OC(O)/C=C(\O)C(CCO)OC(O)C(O)=C1O)C(CO)O4)C(O)C3O)C(O)C2O. The number of hydrogen-bond acceptors (Lipinski definition) is 34. The third-order valence-corrected chi connectivity index (χ3v) is 12.7. The summed E-state index contributed by atoms with van der Waals surface area (Å²) in [5.41, 5.74) is 18.1. The van der Waals surface area contributed by atoms with E-state index in [9.17, 15) is 118 Å². The van der Waals surface area contributed by atoms with Crippen LogP contribution < -0.4 is 0 Å². The summed E-state index contributed by atoms with van der Waals surface area (Å²) in [5.74, 6) is -12.6. The zero-order chi connectivity index (χ0) is 60.5. The van der Waals surface area contributed by atoms with E-state index >= 15 is 0 Å². The molecule has 81 heavy (non-hydrogen) atoms. The molecule has 0 saturated carbocycles. The molecule has 38 nitrogen and oxygen atoms in total. The first kappa shape index (κ1) is 68.7. The maximum absolute atomic E-state index is 11.5. The first-order valence-corrected chi connectivity index (χ1v) is 24.6. The van der Waals surface area contributed by atoms with Crippen LogP contribution in [0.4, 0.5) is 0 Å². The molecule has 22 N–H and O–H groups in total. The number of fused-ring (bicyclic) bond motifs is 3.